The lowest BCUT2D eigenvalue weighted by molar-refractivity contribution is -0.165. The molecule has 11 heteroatoms. The lowest BCUT2D eigenvalue weighted by Gasteiger charge is -2.36. The molecule has 0 radical (unpaired) electrons. The summed E-state index contributed by atoms with van der Waals surface area (Å²) in [5.41, 5.74) is -0.0209. The number of hydrogen-bond donors (Lipinski definition) is 2. The van der Waals surface area contributed by atoms with E-state index in [0.29, 0.717) is 9.80 Å². The molecule has 1 unspecified atom stereocenters. The van der Waals surface area contributed by atoms with Crippen molar-refractivity contribution in [3.05, 3.63) is 35.4 Å². The standard InChI is InChI=1S/C14H13N2O8P/c17-10-6-3-7-11(18)15(10)14(24-25(21,22)23)16-12(19)8-4-1-2-5-9(8)13(16)20/h1-2,4-5,14H,3,6-7H2,(H2,21,22,23). The molecule has 0 bridgehead atoms. The summed E-state index contributed by atoms with van der Waals surface area (Å²) in [5.74, 6) is -3.40. The molecule has 1 aromatic carbocycles. The molecule has 2 aliphatic rings. The SMILES string of the molecule is O=C1CCCC(=O)N1C(OP(=O)(O)O)N1C(=O)c2ccccc2C1=O. The number of nitrogens with zero attached hydrogens (tertiary/aromatic N) is 2. The van der Waals surface area contributed by atoms with Crippen molar-refractivity contribution in [2.24, 2.45) is 0 Å². The van der Waals surface area contributed by atoms with Crippen LogP contribution in [-0.2, 0) is 18.7 Å². The highest BCUT2D eigenvalue weighted by Gasteiger charge is 2.48. The van der Waals surface area contributed by atoms with Gasteiger partial charge in [0.1, 0.15) is 0 Å². The van der Waals surface area contributed by atoms with Crippen LogP contribution in [0.2, 0.25) is 0 Å². The van der Waals surface area contributed by atoms with Crippen molar-refractivity contribution >= 4 is 31.5 Å². The lowest BCUT2D eigenvalue weighted by atomic mass is 10.1. The number of rotatable bonds is 4. The van der Waals surface area contributed by atoms with E-state index in [1.807, 2.05) is 0 Å². The molecule has 1 aromatic rings. The van der Waals surface area contributed by atoms with Crippen LogP contribution >= 0.6 is 7.82 Å². The Hall–Kier alpha value is -2.39. The third-order valence-corrected chi connectivity index (χ3v) is 4.28. The van der Waals surface area contributed by atoms with Crippen LogP contribution in [0.3, 0.4) is 0 Å². The molecule has 0 saturated carbocycles. The van der Waals surface area contributed by atoms with Gasteiger partial charge in [-0.3, -0.25) is 19.2 Å². The average molecular weight is 368 g/mol. The Labute approximate surface area is 141 Å². The van der Waals surface area contributed by atoms with E-state index < -0.39 is 37.8 Å². The van der Waals surface area contributed by atoms with Crippen LogP contribution in [0.5, 0.6) is 0 Å². The maximum atomic E-state index is 12.5. The Morgan fingerprint density at radius 1 is 0.920 bits per heavy atom. The van der Waals surface area contributed by atoms with Gasteiger partial charge in [-0.05, 0) is 18.6 Å². The van der Waals surface area contributed by atoms with Crippen molar-refractivity contribution in [1.82, 2.24) is 9.80 Å². The summed E-state index contributed by atoms with van der Waals surface area (Å²) < 4.78 is 15.8. The van der Waals surface area contributed by atoms with Crippen molar-refractivity contribution in [3.8, 4) is 0 Å². The second kappa shape index (κ2) is 6.16. The number of phosphoric ester groups is 1. The van der Waals surface area contributed by atoms with Crippen LogP contribution in [-0.4, -0.2) is 49.6 Å². The molecular formula is C14H13N2O8P. The molecule has 0 spiro atoms. The Bertz CT molecular complexity index is 781. The smallest absolute Gasteiger partial charge is 0.303 e. The number of fused-ring (bicyclic) bond motifs is 1. The molecule has 2 aliphatic heterocycles. The average Bonchev–Trinajstić information content (AvgIpc) is 2.77. The maximum absolute atomic E-state index is 12.5. The van der Waals surface area contributed by atoms with Crippen LogP contribution in [0.4, 0.5) is 0 Å². The topological polar surface area (TPSA) is 142 Å². The number of carbonyl (C=O) groups excluding carboxylic acids is 4. The predicted octanol–water partition coefficient (Wildman–Crippen LogP) is 0.215. The molecule has 2 N–H and O–H groups in total. The van der Waals surface area contributed by atoms with Gasteiger partial charge in [-0.25, -0.2) is 18.9 Å². The van der Waals surface area contributed by atoms with Crippen molar-refractivity contribution in [3.63, 3.8) is 0 Å². The van der Waals surface area contributed by atoms with Gasteiger partial charge in [-0.1, -0.05) is 12.1 Å². The summed E-state index contributed by atoms with van der Waals surface area (Å²) >= 11 is 0. The van der Waals surface area contributed by atoms with Crippen molar-refractivity contribution in [2.45, 2.75) is 25.6 Å². The van der Waals surface area contributed by atoms with Gasteiger partial charge in [-0.15, -0.1) is 0 Å². The number of carbonyl (C=O) groups is 4. The monoisotopic (exact) mass is 368 g/mol. The van der Waals surface area contributed by atoms with E-state index >= 15 is 0 Å². The van der Waals surface area contributed by atoms with Crippen molar-refractivity contribution in [1.29, 1.82) is 0 Å². The zero-order chi connectivity index (χ0) is 18.4. The first-order valence-electron chi connectivity index (χ1n) is 7.26. The van der Waals surface area contributed by atoms with E-state index in [2.05, 4.69) is 4.52 Å². The van der Waals surface area contributed by atoms with E-state index in [9.17, 15) is 23.7 Å². The minimum Gasteiger partial charge on any atom is -0.303 e. The summed E-state index contributed by atoms with van der Waals surface area (Å²) in [6.45, 7) is 0. The zero-order valence-electron chi connectivity index (χ0n) is 12.7. The Morgan fingerprint density at radius 3 is 1.84 bits per heavy atom. The molecule has 0 aromatic heterocycles. The Balaban J connectivity index is 2.05. The van der Waals surface area contributed by atoms with Crippen molar-refractivity contribution in [2.75, 3.05) is 0 Å². The van der Waals surface area contributed by atoms with E-state index in [4.69, 9.17) is 9.79 Å². The zero-order valence-corrected chi connectivity index (χ0v) is 13.6. The fourth-order valence-electron chi connectivity index (χ4n) is 2.76. The van der Waals surface area contributed by atoms with Gasteiger partial charge in [0.15, 0.2) is 0 Å². The summed E-state index contributed by atoms with van der Waals surface area (Å²) in [4.78, 5) is 68.3. The van der Waals surface area contributed by atoms with Crippen molar-refractivity contribution < 1.29 is 38.1 Å². The molecule has 10 nitrogen and oxygen atoms in total. The van der Waals surface area contributed by atoms with E-state index in [0.717, 1.165) is 0 Å². The first-order chi connectivity index (χ1) is 11.7. The number of hydrogen-bond acceptors (Lipinski definition) is 6. The molecule has 1 atom stereocenters. The molecule has 132 valence electrons. The number of amides is 4. The fourth-order valence-corrected chi connectivity index (χ4v) is 3.19. The highest BCUT2D eigenvalue weighted by molar-refractivity contribution is 7.46. The molecule has 0 aliphatic carbocycles. The quantitative estimate of drug-likeness (QED) is 0.568. The third kappa shape index (κ3) is 3.12. The maximum Gasteiger partial charge on any atom is 0.472 e. The van der Waals surface area contributed by atoms with Crippen LogP contribution in [0, 0.1) is 0 Å². The largest absolute Gasteiger partial charge is 0.472 e. The summed E-state index contributed by atoms with van der Waals surface area (Å²) in [6.07, 6.45) is -2.03. The minimum atomic E-state index is -5.23. The molecule has 1 saturated heterocycles. The van der Waals surface area contributed by atoms with Gasteiger partial charge in [0.25, 0.3) is 11.8 Å². The van der Waals surface area contributed by atoms with Gasteiger partial charge in [0.2, 0.25) is 18.2 Å². The first kappa shape index (κ1) is 17.4. The number of likely N-dealkylation sites (tertiary alicyclic amines) is 1. The molecule has 25 heavy (non-hydrogen) atoms. The molecule has 1 fully saturated rings. The molecular weight excluding hydrogens is 355 g/mol. The number of phosphoric acid groups is 1. The first-order valence-corrected chi connectivity index (χ1v) is 8.79. The fraction of sp³-hybridized carbons (Fsp3) is 0.286. The summed E-state index contributed by atoms with van der Waals surface area (Å²) in [5, 5.41) is 0. The van der Waals surface area contributed by atoms with Gasteiger partial charge in [0.05, 0.1) is 11.1 Å². The van der Waals surface area contributed by atoms with E-state index in [1.165, 1.54) is 24.3 Å². The van der Waals surface area contributed by atoms with Gasteiger partial charge in [-0.2, -0.15) is 0 Å². The van der Waals surface area contributed by atoms with Crippen LogP contribution in [0.15, 0.2) is 24.3 Å². The highest BCUT2D eigenvalue weighted by Crippen LogP contribution is 2.41. The second-order valence-corrected chi connectivity index (χ2v) is 6.65. The lowest BCUT2D eigenvalue weighted by Crippen LogP contribution is -2.57. The number of imide groups is 2. The molecule has 3 rings (SSSR count). The van der Waals surface area contributed by atoms with Crippen LogP contribution < -0.4 is 0 Å². The van der Waals surface area contributed by atoms with Gasteiger partial charge >= 0.3 is 7.82 Å². The summed E-state index contributed by atoms with van der Waals surface area (Å²) in [7, 11) is -5.23. The Morgan fingerprint density at radius 2 is 1.40 bits per heavy atom. The third-order valence-electron chi connectivity index (χ3n) is 3.82. The van der Waals surface area contributed by atoms with Gasteiger partial charge < -0.3 is 9.79 Å². The minimum absolute atomic E-state index is 0.0104. The highest BCUT2D eigenvalue weighted by atomic mass is 31.2. The number of benzene rings is 1. The Kier molecular flexibility index (Phi) is 4.29. The predicted molar refractivity (Wildman–Crippen MR) is 79.6 cm³/mol. The van der Waals surface area contributed by atoms with Crippen LogP contribution in [0.1, 0.15) is 40.0 Å². The second-order valence-electron chi connectivity index (χ2n) is 5.46. The number of piperidine rings is 1. The molecule has 4 amide bonds. The van der Waals surface area contributed by atoms with E-state index in [-0.39, 0.29) is 30.4 Å². The van der Waals surface area contributed by atoms with Gasteiger partial charge in [0, 0.05) is 12.8 Å². The molecule has 2 heterocycles. The van der Waals surface area contributed by atoms with E-state index in [1.54, 1.807) is 0 Å². The summed E-state index contributed by atoms with van der Waals surface area (Å²) in [6, 6.07) is 5.71. The normalized spacial score (nSPS) is 19.4. The van der Waals surface area contributed by atoms with Crippen LogP contribution in [0.25, 0.3) is 0 Å².